The predicted octanol–water partition coefficient (Wildman–Crippen LogP) is 3.81. The zero-order valence-electron chi connectivity index (χ0n) is 17.9. The molecule has 0 aliphatic carbocycles. The van der Waals surface area contributed by atoms with Crippen LogP contribution >= 0.6 is 0 Å². The average Bonchev–Trinajstić information content (AvgIpc) is 3.32. The molecule has 1 fully saturated rings. The van der Waals surface area contributed by atoms with Crippen molar-refractivity contribution in [1.82, 2.24) is 10.2 Å². The van der Waals surface area contributed by atoms with Crippen LogP contribution in [0.5, 0.6) is 0 Å². The standard InChI is InChI=1S/C25H29N3O3/c1-2-28(23-11-5-8-19-7-3-4-10-22(19)23)24(29)18-27-14-12-20(13-15-27)25(30)26-17-21-9-6-16-31-21/h3-11,16,20H,2,12-15,17-18H2,1H3,(H,26,30). The maximum absolute atomic E-state index is 13.1. The highest BCUT2D eigenvalue weighted by Gasteiger charge is 2.27. The number of rotatable bonds is 7. The summed E-state index contributed by atoms with van der Waals surface area (Å²) in [5.74, 6) is 0.902. The number of anilines is 1. The molecule has 2 heterocycles. The Hall–Kier alpha value is -3.12. The van der Waals surface area contributed by atoms with Crippen molar-refractivity contribution in [2.75, 3.05) is 31.1 Å². The quantitative estimate of drug-likeness (QED) is 0.632. The second kappa shape index (κ2) is 9.79. The van der Waals surface area contributed by atoms with Crippen LogP contribution in [0.3, 0.4) is 0 Å². The monoisotopic (exact) mass is 419 g/mol. The number of likely N-dealkylation sites (tertiary alicyclic amines) is 1. The number of benzene rings is 2. The first-order chi connectivity index (χ1) is 15.2. The van der Waals surface area contributed by atoms with E-state index in [-0.39, 0.29) is 17.7 Å². The van der Waals surface area contributed by atoms with Gasteiger partial charge in [-0.3, -0.25) is 14.5 Å². The second-order valence-corrected chi connectivity index (χ2v) is 7.98. The van der Waals surface area contributed by atoms with Crippen molar-refractivity contribution in [3.05, 3.63) is 66.6 Å². The third-order valence-corrected chi connectivity index (χ3v) is 6.01. The van der Waals surface area contributed by atoms with E-state index >= 15 is 0 Å². The van der Waals surface area contributed by atoms with Crippen molar-refractivity contribution in [2.45, 2.75) is 26.3 Å². The molecular formula is C25H29N3O3. The van der Waals surface area contributed by atoms with Crippen LogP contribution in [0.1, 0.15) is 25.5 Å². The first-order valence-electron chi connectivity index (χ1n) is 11.0. The van der Waals surface area contributed by atoms with Gasteiger partial charge >= 0.3 is 0 Å². The van der Waals surface area contributed by atoms with Gasteiger partial charge in [0.2, 0.25) is 11.8 Å². The Bertz CT molecular complexity index is 1020. The van der Waals surface area contributed by atoms with Crippen molar-refractivity contribution in [3.63, 3.8) is 0 Å². The summed E-state index contributed by atoms with van der Waals surface area (Å²) >= 11 is 0. The average molecular weight is 420 g/mol. The highest BCUT2D eigenvalue weighted by atomic mass is 16.3. The van der Waals surface area contributed by atoms with Gasteiger partial charge in [0.15, 0.2) is 0 Å². The number of nitrogens with one attached hydrogen (secondary N) is 1. The number of piperidine rings is 1. The molecule has 6 nitrogen and oxygen atoms in total. The molecule has 6 heteroatoms. The van der Waals surface area contributed by atoms with Gasteiger partial charge in [-0.2, -0.15) is 0 Å². The molecule has 0 saturated carbocycles. The van der Waals surface area contributed by atoms with Crippen LogP contribution < -0.4 is 10.2 Å². The molecule has 1 saturated heterocycles. The van der Waals surface area contributed by atoms with Gasteiger partial charge in [0.25, 0.3) is 0 Å². The maximum Gasteiger partial charge on any atom is 0.241 e. The first kappa shape index (κ1) is 21.1. The molecule has 0 spiro atoms. The van der Waals surface area contributed by atoms with Gasteiger partial charge in [-0.05, 0) is 56.4 Å². The normalized spacial score (nSPS) is 15.1. The van der Waals surface area contributed by atoms with Gasteiger partial charge in [-0.25, -0.2) is 0 Å². The number of carbonyl (C=O) groups excluding carboxylic acids is 2. The van der Waals surface area contributed by atoms with Crippen molar-refractivity contribution < 1.29 is 14.0 Å². The Kier molecular flexibility index (Phi) is 6.67. The maximum atomic E-state index is 13.1. The summed E-state index contributed by atoms with van der Waals surface area (Å²) < 4.78 is 5.26. The van der Waals surface area contributed by atoms with Crippen LogP contribution in [0, 0.1) is 5.92 Å². The molecule has 2 aromatic carbocycles. The third-order valence-electron chi connectivity index (χ3n) is 6.01. The number of fused-ring (bicyclic) bond motifs is 1. The summed E-state index contributed by atoms with van der Waals surface area (Å²) in [6.45, 7) is 4.92. The summed E-state index contributed by atoms with van der Waals surface area (Å²) in [5, 5.41) is 5.17. The van der Waals surface area contributed by atoms with Crippen LogP contribution in [0.4, 0.5) is 5.69 Å². The van der Waals surface area contributed by atoms with E-state index in [1.54, 1.807) is 6.26 Å². The lowest BCUT2D eigenvalue weighted by molar-refractivity contribution is -0.126. The van der Waals surface area contributed by atoms with Gasteiger partial charge in [0.1, 0.15) is 5.76 Å². The minimum Gasteiger partial charge on any atom is -0.467 e. The van der Waals surface area contributed by atoms with E-state index in [1.807, 2.05) is 48.2 Å². The van der Waals surface area contributed by atoms with E-state index in [0.717, 1.165) is 48.2 Å². The van der Waals surface area contributed by atoms with Crippen LogP contribution in [-0.2, 0) is 16.1 Å². The van der Waals surface area contributed by atoms with Crippen LogP contribution in [-0.4, -0.2) is 42.9 Å². The second-order valence-electron chi connectivity index (χ2n) is 7.98. The Morgan fingerprint density at radius 3 is 2.58 bits per heavy atom. The molecule has 3 aromatic rings. The molecule has 31 heavy (non-hydrogen) atoms. The molecule has 0 unspecified atom stereocenters. The van der Waals surface area contributed by atoms with E-state index in [2.05, 4.69) is 28.4 Å². The minimum atomic E-state index is -0.0124. The van der Waals surface area contributed by atoms with E-state index in [4.69, 9.17) is 4.42 Å². The van der Waals surface area contributed by atoms with E-state index in [1.165, 1.54) is 0 Å². The first-order valence-corrected chi connectivity index (χ1v) is 11.0. The number of amides is 2. The predicted molar refractivity (Wildman–Crippen MR) is 122 cm³/mol. The summed E-state index contributed by atoms with van der Waals surface area (Å²) in [5.41, 5.74) is 0.956. The van der Waals surface area contributed by atoms with Crippen LogP contribution in [0.15, 0.2) is 65.3 Å². The molecule has 1 N–H and O–H groups in total. The number of furan rings is 1. The SMILES string of the molecule is CCN(C(=O)CN1CCC(C(=O)NCc2ccco2)CC1)c1cccc2ccccc12. The van der Waals surface area contributed by atoms with E-state index in [0.29, 0.717) is 19.6 Å². The summed E-state index contributed by atoms with van der Waals surface area (Å²) in [7, 11) is 0. The molecule has 0 atom stereocenters. The third kappa shape index (κ3) is 4.97. The molecule has 0 radical (unpaired) electrons. The lowest BCUT2D eigenvalue weighted by Gasteiger charge is -2.32. The number of nitrogens with zero attached hydrogens (tertiary/aromatic N) is 2. The fourth-order valence-electron chi connectivity index (χ4n) is 4.29. The highest BCUT2D eigenvalue weighted by Crippen LogP contribution is 2.27. The van der Waals surface area contributed by atoms with Crippen molar-refractivity contribution in [3.8, 4) is 0 Å². The molecule has 1 aromatic heterocycles. The molecule has 4 rings (SSSR count). The van der Waals surface area contributed by atoms with E-state index in [9.17, 15) is 9.59 Å². The van der Waals surface area contributed by atoms with Crippen LogP contribution in [0.2, 0.25) is 0 Å². The fourth-order valence-corrected chi connectivity index (χ4v) is 4.29. The number of hydrogen-bond donors (Lipinski definition) is 1. The van der Waals surface area contributed by atoms with Gasteiger partial charge in [-0.1, -0.05) is 36.4 Å². The molecule has 1 aliphatic heterocycles. The molecule has 2 amide bonds. The Labute approximate surface area is 182 Å². The van der Waals surface area contributed by atoms with E-state index < -0.39 is 0 Å². The highest BCUT2D eigenvalue weighted by molar-refractivity contribution is 6.04. The lowest BCUT2D eigenvalue weighted by atomic mass is 9.96. The van der Waals surface area contributed by atoms with Gasteiger partial charge in [0.05, 0.1) is 25.0 Å². The number of likely N-dealkylation sites (N-methyl/N-ethyl adjacent to an activating group) is 1. The largest absolute Gasteiger partial charge is 0.467 e. The molecular weight excluding hydrogens is 390 g/mol. The smallest absolute Gasteiger partial charge is 0.241 e. The van der Waals surface area contributed by atoms with Crippen molar-refractivity contribution in [1.29, 1.82) is 0 Å². The summed E-state index contributed by atoms with van der Waals surface area (Å²) in [6.07, 6.45) is 3.13. The Morgan fingerprint density at radius 1 is 1.06 bits per heavy atom. The van der Waals surface area contributed by atoms with Gasteiger partial charge in [-0.15, -0.1) is 0 Å². The summed E-state index contributed by atoms with van der Waals surface area (Å²) in [4.78, 5) is 29.6. The minimum absolute atomic E-state index is 0.0124. The Balaban J connectivity index is 1.32. The Morgan fingerprint density at radius 2 is 1.84 bits per heavy atom. The van der Waals surface area contributed by atoms with Crippen molar-refractivity contribution >= 4 is 28.3 Å². The molecule has 0 bridgehead atoms. The zero-order chi connectivity index (χ0) is 21.6. The number of hydrogen-bond acceptors (Lipinski definition) is 4. The van der Waals surface area contributed by atoms with Crippen LogP contribution in [0.25, 0.3) is 10.8 Å². The lowest BCUT2D eigenvalue weighted by Crippen LogP contribution is -2.45. The number of carbonyl (C=O) groups is 2. The summed E-state index contributed by atoms with van der Waals surface area (Å²) in [6, 6.07) is 17.9. The topological polar surface area (TPSA) is 65.8 Å². The zero-order valence-corrected chi connectivity index (χ0v) is 17.9. The van der Waals surface area contributed by atoms with Gasteiger partial charge < -0.3 is 14.6 Å². The van der Waals surface area contributed by atoms with Crippen molar-refractivity contribution in [2.24, 2.45) is 5.92 Å². The molecule has 1 aliphatic rings. The van der Waals surface area contributed by atoms with Gasteiger partial charge in [0, 0.05) is 17.8 Å². The molecule has 162 valence electrons. The fraction of sp³-hybridized carbons (Fsp3) is 0.360.